The third kappa shape index (κ3) is 7.92. The fraction of sp³-hybridized carbons (Fsp3) is 0.585. The highest BCUT2D eigenvalue weighted by atomic mass is 32.2. The second-order valence-corrected chi connectivity index (χ2v) is 19.2. The van der Waals surface area contributed by atoms with Crippen molar-refractivity contribution in [2.24, 2.45) is 22.2 Å². The molecule has 0 aromatic heterocycles. The van der Waals surface area contributed by atoms with Crippen LogP contribution in [0.25, 0.3) is 0 Å². The van der Waals surface area contributed by atoms with Crippen LogP contribution in [-0.2, 0) is 61.4 Å². The number of sulfonamides is 1. The molecular weight excluding hydrogens is 806 g/mol. The number of fused-ring (bicyclic) bond motifs is 4. The molecule has 2 unspecified atom stereocenters. The Balaban J connectivity index is 1.14. The lowest BCUT2D eigenvalue weighted by Gasteiger charge is -2.50. The summed E-state index contributed by atoms with van der Waals surface area (Å²) in [5.74, 6) is -5.38. The molecule has 3 N–H and O–H groups in total. The van der Waals surface area contributed by atoms with Gasteiger partial charge in [-0.15, -0.1) is 6.58 Å². The molecule has 5 amide bonds. The molecular formula is C41H50FN5O12S. The molecule has 6 fully saturated rings. The number of methoxy groups -OCH3 is 1. The Bertz CT molecular complexity index is 2120. The number of allylic oxidation sites excluding steroid dienone is 1. The average molecular weight is 856 g/mol. The largest absolute Gasteiger partial charge is 0.469 e. The van der Waals surface area contributed by atoms with Gasteiger partial charge in [-0.05, 0) is 81.4 Å². The Morgan fingerprint density at radius 3 is 2.27 bits per heavy atom. The van der Waals surface area contributed by atoms with E-state index in [1.54, 1.807) is 6.07 Å². The van der Waals surface area contributed by atoms with Gasteiger partial charge in [-0.2, -0.15) is 0 Å². The minimum atomic E-state index is -3.98. The van der Waals surface area contributed by atoms with Crippen LogP contribution < -0.4 is 10.0 Å². The first-order valence-electron chi connectivity index (χ1n) is 20.2. The number of carbonyl (C=O) groups is 7. The number of hydrogen-bond donors (Lipinski definition) is 3. The van der Waals surface area contributed by atoms with Crippen molar-refractivity contribution in [3.05, 3.63) is 60.5 Å². The number of ether oxygens (including phenoxy) is 2. The van der Waals surface area contributed by atoms with Crippen LogP contribution in [0, 0.1) is 28.0 Å². The quantitative estimate of drug-likeness (QED) is 0.0761. The first-order chi connectivity index (χ1) is 28.4. The third-order valence-electron chi connectivity index (χ3n) is 13.7. The lowest BCUT2D eigenvalue weighted by Crippen LogP contribution is -2.60. The van der Waals surface area contributed by atoms with Crippen LogP contribution in [0.1, 0.15) is 81.8 Å². The summed E-state index contributed by atoms with van der Waals surface area (Å²) >= 11 is 0. The number of ketones is 1. The predicted molar refractivity (Wildman–Crippen MR) is 207 cm³/mol. The zero-order valence-corrected chi connectivity index (χ0v) is 34.2. The molecule has 1 aromatic rings. The van der Waals surface area contributed by atoms with E-state index in [2.05, 4.69) is 23.2 Å². The molecule has 17 nitrogen and oxygen atoms in total. The summed E-state index contributed by atoms with van der Waals surface area (Å²) in [7, 11) is -2.67. The van der Waals surface area contributed by atoms with Crippen LogP contribution >= 0.6 is 0 Å². The van der Waals surface area contributed by atoms with Gasteiger partial charge in [0.25, 0.3) is 5.91 Å². The van der Waals surface area contributed by atoms with Crippen molar-refractivity contribution in [1.29, 1.82) is 0 Å². The molecule has 1 saturated heterocycles. The second kappa shape index (κ2) is 16.0. The molecule has 60 heavy (non-hydrogen) atoms. The van der Waals surface area contributed by atoms with Crippen molar-refractivity contribution < 1.29 is 61.1 Å². The summed E-state index contributed by atoms with van der Waals surface area (Å²) < 4.78 is 53.1. The number of likely N-dealkylation sites (tertiary alicyclic amines) is 1. The van der Waals surface area contributed by atoms with E-state index in [1.807, 2.05) is 0 Å². The molecule has 5 saturated carbocycles. The maximum Gasteiger partial charge on any atom is 0.410 e. The monoisotopic (exact) mass is 855 g/mol. The molecule has 2 heterocycles. The number of nitrogens with one attached hydrogen (secondary N) is 2. The van der Waals surface area contributed by atoms with Gasteiger partial charge in [0.2, 0.25) is 27.7 Å². The molecule has 1 aromatic carbocycles. The Kier molecular flexibility index (Phi) is 11.5. The Labute approximate surface area is 346 Å². The van der Waals surface area contributed by atoms with E-state index in [1.165, 1.54) is 30.2 Å². The number of Topliss-reactive ketones (excluding diaryl/α,β-unsaturated/α-hetero) is 1. The molecule has 8 rings (SSSR count). The zero-order valence-electron chi connectivity index (χ0n) is 33.4. The van der Waals surface area contributed by atoms with Gasteiger partial charge in [0, 0.05) is 30.4 Å². The first-order valence-corrected chi connectivity index (χ1v) is 21.7. The molecule has 2 bridgehead atoms. The van der Waals surface area contributed by atoms with E-state index in [0.717, 1.165) is 11.0 Å². The van der Waals surface area contributed by atoms with E-state index in [-0.39, 0.29) is 43.5 Å². The smallest absolute Gasteiger partial charge is 0.410 e. The van der Waals surface area contributed by atoms with E-state index in [9.17, 15) is 51.6 Å². The summed E-state index contributed by atoms with van der Waals surface area (Å²) in [6.45, 7) is 5.94. The summed E-state index contributed by atoms with van der Waals surface area (Å²) in [4.78, 5) is 98.0. The van der Waals surface area contributed by atoms with Crippen LogP contribution in [0.3, 0.4) is 0 Å². The Morgan fingerprint density at radius 2 is 1.68 bits per heavy atom. The normalized spacial score (nSPS) is 29.4. The minimum absolute atomic E-state index is 0.0499. The van der Waals surface area contributed by atoms with Crippen molar-refractivity contribution >= 4 is 51.5 Å². The maximum absolute atomic E-state index is 14.7. The number of carbonyl (C=O) groups excluding carboxylic acids is 7. The lowest BCUT2D eigenvalue weighted by atomic mass is 9.53. The van der Waals surface area contributed by atoms with Gasteiger partial charge >= 0.3 is 12.1 Å². The molecule has 2 aliphatic heterocycles. The van der Waals surface area contributed by atoms with E-state index in [0.29, 0.717) is 62.5 Å². The van der Waals surface area contributed by atoms with Gasteiger partial charge in [0.15, 0.2) is 5.78 Å². The van der Waals surface area contributed by atoms with Crippen molar-refractivity contribution in [1.82, 2.24) is 24.9 Å². The van der Waals surface area contributed by atoms with Gasteiger partial charge in [0.1, 0.15) is 18.0 Å². The van der Waals surface area contributed by atoms with Crippen LogP contribution in [0.15, 0.2) is 43.5 Å². The fourth-order valence-corrected chi connectivity index (χ4v) is 11.0. The number of hydrogen-bond acceptors (Lipinski definition) is 12. The van der Waals surface area contributed by atoms with Crippen molar-refractivity contribution in [3.63, 3.8) is 0 Å². The molecule has 19 heteroatoms. The summed E-state index contributed by atoms with van der Waals surface area (Å²) in [5, 5.41) is 12.9. The summed E-state index contributed by atoms with van der Waals surface area (Å²) in [6.07, 6.45) is 2.50. The van der Waals surface area contributed by atoms with Crippen molar-refractivity contribution in [2.45, 2.75) is 107 Å². The van der Waals surface area contributed by atoms with Gasteiger partial charge in [-0.25, -0.2) is 22.7 Å². The lowest BCUT2D eigenvalue weighted by molar-refractivity contribution is -0.168. The van der Waals surface area contributed by atoms with Crippen LogP contribution in [-0.4, -0.2) is 114 Å². The van der Waals surface area contributed by atoms with E-state index >= 15 is 0 Å². The zero-order chi connectivity index (χ0) is 43.4. The molecule has 324 valence electrons. The molecule has 0 radical (unpaired) electrons. The van der Waals surface area contributed by atoms with Crippen molar-refractivity contribution in [3.8, 4) is 0 Å². The number of amides is 5. The van der Waals surface area contributed by atoms with E-state index < -0.39 is 110 Å². The molecule has 0 spiro atoms. The molecule has 5 aliphatic carbocycles. The van der Waals surface area contributed by atoms with Crippen LogP contribution in [0.5, 0.6) is 0 Å². The predicted octanol–water partition coefficient (Wildman–Crippen LogP) is 2.41. The topological polar surface area (TPSA) is 226 Å². The number of hydroxylamine groups is 2. The standard InChI is InChI=1S/C41H50FN5O12S/c1-4-25-18-41(25,36(52)44-60(56,57)27-9-10-27)19-32(48)31-17-26(59-38(54)45-20-24-7-6-8-29(42)28(24)22-45)21-46(31)34(50)30(23-47(55)33(49)5-2)43-35(51)39-11-14-40(15-12-39,16-13-39)37(53)58-3/h4-8,25-27,30-31,55H,1-2,9-23H2,3H3,(H,43,51)(H,44,52)/t25-,26?,30?,31+,39?,40?,41-/m1/s1. The number of halogens is 1. The minimum Gasteiger partial charge on any atom is -0.469 e. The number of esters is 1. The highest BCUT2D eigenvalue weighted by Crippen LogP contribution is 2.58. The Morgan fingerprint density at radius 1 is 1.02 bits per heavy atom. The summed E-state index contributed by atoms with van der Waals surface area (Å²) in [5.41, 5.74) is -2.26. The average Bonchev–Trinajstić information content (AvgIpc) is 4.14. The van der Waals surface area contributed by atoms with E-state index in [4.69, 9.17) is 9.47 Å². The van der Waals surface area contributed by atoms with Gasteiger partial charge in [-0.3, -0.25) is 43.6 Å². The van der Waals surface area contributed by atoms with Gasteiger partial charge in [-0.1, -0.05) is 24.8 Å². The maximum atomic E-state index is 14.7. The van der Waals surface area contributed by atoms with Crippen LogP contribution in [0.4, 0.5) is 9.18 Å². The van der Waals surface area contributed by atoms with Gasteiger partial charge in [0.05, 0.1) is 48.9 Å². The highest BCUT2D eigenvalue weighted by molar-refractivity contribution is 7.90. The molecule has 7 aliphatic rings. The first kappa shape index (κ1) is 42.9. The number of rotatable bonds is 15. The second-order valence-electron chi connectivity index (χ2n) is 17.2. The highest BCUT2D eigenvalue weighted by Gasteiger charge is 2.62. The molecule has 5 atom stereocenters. The van der Waals surface area contributed by atoms with Crippen LogP contribution in [0.2, 0.25) is 0 Å². The third-order valence-corrected chi connectivity index (χ3v) is 15.5. The van der Waals surface area contributed by atoms with Gasteiger partial charge < -0.3 is 19.7 Å². The van der Waals surface area contributed by atoms with Crippen molar-refractivity contribution in [2.75, 3.05) is 20.2 Å². The summed E-state index contributed by atoms with van der Waals surface area (Å²) in [6, 6.07) is 1.47. The number of benzene rings is 1. The Hall–Kier alpha value is -5.17. The SMILES string of the molecule is C=CC(=O)N(O)CC(NC(=O)C12CCC(C(=O)OC)(CC1)CC2)C(=O)N1CC(OC(=O)N2Cc3cccc(F)c3C2)C[C@H]1C(=O)C[C@]1(C(=O)NS(=O)(=O)C2CC2)C[C@H]1C=C. The fourth-order valence-electron chi connectivity index (χ4n) is 9.58. The number of nitrogens with zero attached hydrogens (tertiary/aromatic N) is 3.